The van der Waals surface area contributed by atoms with Crippen LogP contribution in [0.2, 0.25) is 0 Å². The highest BCUT2D eigenvalue weighted by atomic mass is 19.4. The highest BCUT2D eigenvalue weighted by Gasteiger charge is 2.49. The molecule has 2 aromatic rings. The fourth-order valence-corrected chi connectivity index (χ4v) is 3.54. The van der Waals surface area contributed by atoms with Gasteiger partial charge in [-0.1, -0.05) is 0 Å². The van der Waals surface area contributed by atoms with Crippen molar-refractivity contribution in [3.8, 4) is 11.5 Å². The van der Waals surface area contributed by atoms with Crippen molar-refractivity contribution in [2.75, 3.05) is 0 Å². The topological polar surface area (TPSA) is 84.8 Å². The fourth-order valence-electron chi connectivity index (χ4n) is 3.54. The Morgan fingerprint density at radius 2 is 2.00 bits per heavy atom. The summed E-state index contributed by atoms with van der Waals surface area (Å²) in [5, 5.41) is 10.9. The largest absolute Gasteiger partial charge is 0.573 e. The van der Waals surface area contributed by atoms with Gasteiger partial charge in [0, 0.05) is 18.0 Å². The van der Waals surface area contributed by atoms with Crippen molar-refractivity contribution in [2.24, 2.45) is 0 Å². The van der Waals surface area contributed by atoms with Crippen molar-refractivity contribution in [3.63, 3.8) is 0 Å². The molecule has 2 aliphatic heterocycles. The van der Waals surface area contributed by atoms with Crippen molar-refractivity contribution < 1.29 is 32.5 Å². The molecule has 3 heterocycles. The Bertz CT molecular complexity index is 948. The van der Waals surface area contributed by atoms with Crippen molar-refractivity contribution >= 4 is 5.91 Å². The minimum absolute atomic E-state index is 0.0730. The molecule has 1 aromatic carbocycles. The Hall–Kier alpha value is -2.88. The average Bonchev–Trinajstić information content (AvgIpc) is 2.92. The predicted octanol–water partition coefficient (Wildman–Crippen LogP) is 2.60. The van der Waals surface area contributed by atoms with E-state index >= 15 is 0 Å². The third-order valence-electron chi connectivity index (χ3n) is 4.81. The lowest BCUT2D eigenvalue weighted by atomic mass is 9.85. The van der Waals surface area contributed by atoms with Gasteiger partial charge in [-0.3, -0.25) is 9.78 Å². The monoisotopic (exact) mass is 395 g/mol. The van der Waals surface area contributed by atoms with Crippen LogP contribution in [0.25, 0.3) is 0 Å². The van der Waals surface area contributed by atoms with Crippen LogP contribution >= 0.6 is 0 Å². The van der Waals surface area contributed by atoms with Crippen LogP contribution in [0.1, 0.15) is 41.6 Å². The summed E-state index contributed by atoms with van der Waals surface area (Å²) in [5.41, 5.74) is -0.272. The van der Waals surface area contributed by atoms with Crippen LogP contribution in [0, 0.1) is 0 Å². The maximum Gasteiger partial charge on any atom is 0.573 e. The van der Waals surface area contributed by atoms with E-state index in [2.05, 4.69) is 14.7 Å². The first-order valence-corrected chi connectivity index (χ1v) is 8.44. The second-order valence-corrected chi connectivity index (χ2v) is 7.13. The fraction of sp³-hybridized carbons (Fsp3) is 0.389. The Labute approximate surface area is 157 Å². The Kier molecular flexibility index (Phi) is 4.00. The molecule has 0 spiro atoms. The Morgan fingerprint density at radius 1 is 1.29 bits per heavy atom. The molecule has 1 N–H and O–H groups in total. The third-order valence-corrected chi connectivity index (χ3v) is 4.81. The minimum atomic E-state index is -4.87. The number of alkyl halides is 3. The number of hydrogen-bond acceptors (Lipinski definition) is 6. The van der Waals surface area contributed by atoms with Crippen molar-refractivity contribution in [1.82, 2.24) is 14.9 Å². The number of amides is 1. The Balaban J connectivity index is 1.79. The van der Waals surface area contributed by atoms with E-state index in [-0.39, 0.29) is 23.6 Å². The van der Waals surface area contributed by atoms with E-state index in [4.69, 9.17) is 4.74 Å². The summed E-state index contributed by atoms with van der Waals surface area (Å²) in [7, 11) is 0. The first kappa shape index (κ1) is 18.5. The number of nitrogens with zero attached hydrogens (tertiary/aromatic N) is 3. The highest BCUT2D eigenvalue weighted by Crippen LogP contribution is 2.46. The summed E-state index contributed by atoms with van der Waals surface area (Å²) in [6.45, 7) is 3.35. The number of aliphatic hydroxyl groups is 1. The quantitative estimate of drug-likeness (QED) is 0.842. The van der Waals surface area contributed by atoms with Crippen LogP contribution in [-0.4, -0.2) is 43.9 Å². The van der Waals surface area contributed by atoms with Crippen molar-refractivity contribution in [1.29, 1.82) is 0 Å². The smallest absolute Gasteiger partial charge is 0.485 e. The number of carbonyl (C=O) groups is 1. The van der Waals surface area contributed by atoms with Gasteiger partial charge in [0.1, 0.15) is 23.2 Å². The second-order valence-electron chi connectivity index (χ2n) is 7.13. The van der Waals surface area contributed by atoms with Crippen LogP contribution in [0.3, 0.4) is 0 Å². The van der Waals surface area contributed by atoms with E-state index in [0.717, 1.165) is 12.1 Å². The number of benzene rings is 1. The lowest BCUT2D eigenvalue weighted by Crippen LogP contribution is -2.53. The number of rotatable bonds is 2. The molecule has 7 nitrogen and oxygen atoms in total. The normalized spacial score (nSPS) is 23.1. The summed E-state index contributed by atoms with van der Waals surface area (Å²) < 4.78 is 47.6. The molecule has 148 valence electrons. The molecule has 4 rings (SSSR count). The third kappa shape index (κ3) is 3.03. The predicted molar refractivity (Wildman–Crippen MR) is 88.5 cm³/mol. The molecule has 0 radical (unpaired) electrons. The highest BCUT2D eigenvalue weighted by molar-refractivity contribution is 5.96. The molecule has 0 fully saturated rings. The first-order chi connectivity index (χ1) is 13.1. The van der Waals surface area contributed by atoms with E-state index in [1.807, 2.05) is 0 Å². The van der Waals surface area contributed by atoms with Gasteiger partial charge in [0.15, 0.2) is 5.69 Å². The number of fused-ring (bicyclic) bond motifs is 2. The van der Waals surface area contributed by atoms with Gasteiger partial charge < -0.3 is 19.5 Å². The van der Waals surface area contributed by atoms with E-state index in [1.54, 1.807) is 13.8 Å². The summed E-state index contributed by atoms with van der Waals surface area (Å²) >= 11 is 0. The maximum absolute atomic E-state index is 12.8. The van der Waals surface area contributed by atoms with E-state index in [9.17, 15) is 23.1 Å². The van der Waals surface area contributed by atoms with Crippen molar-refractivity contribution in [3.05, 3.63) is 47.5 Å². The zero-order valence-corrected chi connectivity index (χ0v) is 14.9. The summed E-state index contributed by atoms with van der Waals surface area (Å²) in [6.07, 6.45) is -3.25. The van der Waals surface area contributed by atoms with Crippen LogP contribution in [0.4, 0.5) is 13.2 Å². The van der Waals surface area contributed by atoms with Gasteiger partial charge in [-0.05, 0) is 32.0 Å². The minimum Gasteiger partial charge on any atom is -0.485 e. The molecule has 0 saturated heterocycles. The number of carbonyl (C=O) groups excluding carboxylic acids is 1. The van der Waals surface area contributed by atoms with E-state index in [1.165, 1.54) is 23.4 Å². The standard InChI is InChI=1S/C18H16F3N3O4/c1-17(2)15(25)14(24-8-11-13(16(24)26)23-6-5-22-11)10-7-9(27-18(19,20)21)3-4-12(10)28-17/h3-7,14-15,25H,8H2,1-2H3/t14-,15+/m1/s1. The lowest BCUT2D eigenvalue weighted by molar-refractivity contribution is -0.274. The molecule has 10 heteroatoms. The van der Waals surface area contributed by atoms with Crippen LogP contribution in [0.15, 0.2) is 30.6 Å². The number of halogens is 3. The number of ether oxygens (including phenoxy) is 2. The van der Waals surface area contributed by atoms with Gasteiger partial charge in [-0.15, -0.1) is 13.2 Å². The van der Waals surface area contributed by atoms with Crippen molar-refractivity contribution in [2.45, 2.75) is 44.5 Å². The number of aromatic nitrogens is 2. The van der Waals surface area contributed by atoms with Gasteiger partial charge in [0.2, 0.25) is 0 Å². The average molecular weight is 395 g/mol. The molecule has 0 unspecified atom stereocenters. The molecule has 1 aromatic heterocycles. The SMILES string of the molecule is CC1(C)Oc2ccc(OC(F)(F)F)cc2[C@@H](N2Cc3nccnc3C2=O)[C@@H]1O. The van der Waals surface area contributed by atoms with Crippen LogP contribution in [-0.2, 0) is 6.54 Å². The van der Waals surface area contributed by atoms with Gasteiger partial charge in [0.05, 0.1) is 18.3 Å². The number of aliphatic hydroxyl groups excluding tert-OH is 1. The van der Waals surface area contributed by atoms with Gasteiger partial charge in [-0.25, -0.2) is 4.98 Å². The first-order valence-electron chi connectivity index (χ1n) is 8.44. The maximum atomic E-state index is 12.8. The molecule has 0 aliphatic carbocycles. The zero-order valence-electron chi connectivity index (χ0n) is 14.9. The molecule has 0 bridgehead atoms. The molecule has 2 aliphatic rings. The summed E-state index contributed by atoms with van der Waals surface area (Å²) in [4.78, 5) is 22.3. The molecule has 1 amide bonds. The summed E-state index contributed by atoms with van der Waals surface area (Å²) in [6, 6.07) is 2.63. The second kappa shape index (κ2) is 6.06. The van der Waals surface area contributed by atoms with Gasteiger partial charge >= 0.3 is 6.36 Å². The van der Waals surface area contributed by atoms with Crippen LogP contribution in [0.5, 0.6) is 11.5 Å². The molecule has 2 atom stereocenters. The Morgan fingerprint density at radius 3 is 2.68 bits per heavy atom. The van der Waals surface area contributed by atoms with E-state index in [0.29, 0.717) is 5.69 Å². The summed E-state index contributed by atoms with van der Waals surface area (Å²) in [5.74, 6) is -0.662. The molecule has 28 heavy (non-hydrogen) atoms. The molecular formula is C18H16F3N3O4. The van der Waals surface area contributed by atoms with Crippen LogP contribution < -0.4 is 9.47 Å². The zero-order chi connectivity index (χ0) is 20.3. The van der Waals surface area contributed by atoms with E-state index < -0.39 is 35.8 Å². The van der Waals surface area contributed by atoms with Gasteiger partial charge in [-0.2, -0.15) is 0 Å². The number of hydrogen-bond donors (Lipinski definition) is 1. The lowest BCUT2D eigenvalue weighted by Gasteiger charge is -2.45. The molecule has 0 saturated carbocycles. The van der Waals surface area contributed by atoms with Gasteiger partial charge in [0.25, 0.3) is 5.91 Å². The molecular weight excluding hydrogens is 379 g/mol.